The summed E-state index contributed by atoms with van der Waals surface area (Å²) in [5.74, 6) is 0.545. The molecule has 1 atom stereocenters. The second kappa shape index (κ2) is 12.3. The van der Waals surface area contributed by atoms with E-state index in [9.17, 15) is 0 Å². The van der Waals surface area contributed by atoms with Crippen molar-refractivity contribution < 1.29 is 0 Å². The standard InChI is InChI=1S/C50H37N/c1-2-12-40-37(11-1)33-38(41-13-3-4-14-44(40)41)26-23-34-21-24-35(25-22-34)42-31-32-43(46-16-6-5-15-45(42)46)36-27-29-39(30-28-36)51-49-19-9-7-17-47(49)48-18-8-10-20-50(48)51/h1-22,24-25,27-32,38H,23,26,33H2. The van der Waals surface area contributed by atoms with Gasteiger partial charge in [-0.3, -0.25) is 0 Å². The van der Waals surface area contributed by atoms with E-state index in [1.807, 2.05) is 0 Å². The third-order valence-corrected chi connectivity index (χ3v) is 11.2. The fraction of sp³-hybridized carbons (Fsp3) is 0.0800. The minimum Gasteiger partial charge on any atom is -0.309 e. The molecule has 0 N–H and O–H groups in total. The van der Waals surface area contributed by atoms with Crippen molar-refractivity contribution in [1.82, 2.24) is 4.57 Å². The van der Waals surface area contributed by atoms with Crippen molar-refractivity contribution in [2.24, 2.45) is 0 Å². The minimum absolute atomic E-state index is 0.545. The number of aromatic nitrogens is 1. The molecule has 1 heteroatoms. The van der Waals surface area contributed by atoms with Crippen LogP contribution in [-0.2, 0) is 12.8 Å². The van der Waals surface area contributed by atoms with Crippen LogP contribution in [-0.4, -0.2) is 4.57 Å². The van der Waals surface area contributed by atoms with Gasteiger partial charge < -0.3 is 4.57 Å². The Hall–Kier alpha value is -6.18. The lowest BCUT2D eigenvalue weighted by Gasteiger charge is -2.28. The molecular weight excluding hydrogens is 615 g/mol. The molecule has 1 aromatic heterocycles. The maximum Gasteiger partial charge on any atom is 0.0541 e. The van der Waals surface area contributed by atoms with Gasteiger partial charge in [-0.1, -0.05) is 158 Å². The van der Waals surface area contributed by atoms with Gasteiger partial charge in [0.05, 0.1) is 11.0 Å². The summed E-state index contributed by atoms with van der Waals surface area (Å²) in [7, 11) is 0. The molecule has 1 aliphatic carbocycles. The van der Waals surface area contributed by atoms with Gasteiger partial charge >= 0.3 is 0 Å². The highest BCUT2D eigenvalue weighted by molar-refractivity contribution is 6.09. The van der Waals surface area contributed by atoms with Crippen LogP contribution in [0.5, 0.6) is 0 Å². The second-order valence-corrected chi connectivity index (χ2v) is 14.0. The zero-order chi connectivity index (χ0) is 33.7. The number of benzene rings is 8. The number of rotatable bonds is 6. The van der Waals surface area contributed by atoms with E-state index in [1.54, 1.807) is 0 Å². The molecular formula is C50H37N. The van der Waals surface area contributed by atoms with E-state index < -0.39 is 0 Å². The van der Waals surface area contributed by atoms with E-state index in [2.05, 4.69) is 187 Å². The minimum atomic E-state index is 0.545. The Morgan fingerprint density at radius 1 is 0.412 bits per heavy atom. The van der Waals surface area contributed by atoms with E-state index in [1.165, 1.54) is 88.3 Å². The molecule has 242 valence electrons. The van der Waals surface area contributed by atoms with E-state index in [4.69, 9.17) is 0 Å². The summed E-state index contributed by atoms with van der Waals surface area (Å²) in [5, 5.41) is 5.13. The molecule has 0 spiro atoms. The third-order valence-electron chi connectivity index (χ3n) is 11.2. The molecule has 1 aliphatic rings. The van der Waals surface area contributed by atoms with Crippen LogP contribution < -0.4 is 0 Å². The molecule has 8 aromatic carbocycles. The molecule has 0 amide bonds. The summed E-state index contributed by atoms with van der Waals surface area (Å²) in [6, 6.07) is 67.2. The zero-order valence-electron chi connectivity index (χ0n) is 28.5. The molecule has 1 nitrogen and oxygen atoms in total. The summed E-state index contributed by atoms with van der Waals surface area (Å²) in [4.78, 5) is 0. The van der Waals surface area contributed by atoms with Gasteiger partial charge in [0.25, 0.3) is 0 Å². The first-order valence-corrected chi connectivity index (χ1v) is 18.2. The largest absolute Gasteiger partial charge is 0.309 e. The van der Waals surface area contributed by atoms with E-state index in [0.717, 1.165) is 19.3 Å². The zero-order valence-corrected chi connectivity index (χ0v) is 28.5. The van der Waals surface area contributed by atoms with Gasteiger partial charge in [-0.05, 0) is 110 Å². The highest BCUT2D eigenvalue weighted by Gasteiger charge is 2.24. The molecule has 10 rings (SSSR count). The fourth-order valence-electron chi connectivity index (χ4n) is 8.68. The number of para-hydroxylation sites is 2. The molecule has 0 fully saturated rings. The number of fused-ring (bicyclic) bond motifs is 7. The molecule has 1 heterocycles. The summed E-state index contributed by atoms with van der Waals surface area (Å²) in [6.07, 6.45) is 3.34. The summed E-state index contributed by atoms with van der Waals surface area (Å²) in [6.45, 7) is 0. The van der Waals surface area contributed by atoms with Crippen molar-refractivity contribution >= 4 is 32.6 Å². The quantitative estimate of drug-likeness (QED) is 0.169. The highest BCUT2D eigenvalue weighted by Crippen LogP contribution is 2.42. The Morgan fingerprint density at radius 3 is 1.57 bits per heavy atom. The van der Waals surface area contributed by atoms with Gasteiger partial charge in [0, 0.05) is 16.5 Å². The normalized spacial score (nSPS) is 13.8. The van der Waals surface area contributed by atoms with E-state index in [0.29, 0.717) is 5.92 Å². The van der Waals surface area contributed by atoms with Gasteiger partial charge in [0.2, 0.25) is 0 Å². The van der Waals surface area contributed by atoms with Crippen molar-refractivity contribution in [3.63, 3.8) is 0 Å². The highest BCUT2D eigenvalue weighted by atomic mass is 15.0. The molecule has 51 heavy (non-hydrogen) atoms. The summed E-state index contributed by atoms with van der Waals surface area (Å²) in [5.41, 5.74) is 15.9. The molecule has 1 unspecified atom stereocenters. The van der Waals surface area contributed by atoms with E-state index >= 15 is 0 Å². The second-order valence-electron chi connectivity index (χ2n) is 14.0. The lowest BCUT2D eigenvalue weighted by Crippen LogP contribution is -2.12. The molecule has 0 bridgehead atoms. The van der Waals surface area contributed by atoms with Gasteiger partial charge in [0.1, 0.15) is 0 Å². The molecule has 0 saturated carbocycles. The SMILES string of the molecule is c1ccc2c(c1)CC(CCc1ccc(-c3ccc(-c4ccc(-n5c6ccccc6c6ccccc65)cc4)c4ccccc34)cc1)c1ccccc1-2. The maximum absolute atomic E-state index is 2.38. The van der Waals surface area contributed by atoms with Gasteiger partial charge in [-0.2, -0.15) is 0 Å². The Bertz CT molecular complexity index is 2660. The molecule has 0 radical (unpaired) electrons. The fourth-order valence-corrected chi connectivity index (χ4v) is 8.68. The van der Waals surface area contributed by atoms with Crippen molar-refractivity contribution in [3.8, 4) is 39.1 Å². The lowest BCUT2D eigenvalue weighted by atomic mass is 9.76. The monoisotopic (exact) mass is 651 g/mol. The Labute approximate surface area is 299 Å². The Balaban J connectivity index is 0.927. The van der Waals surface area contributed by atoms with Crippen LogP contribution >= 0.6 is 0 Å². The van der Waals surface area contributed by atoms with Crippen LogP contribution in [0.25, 0.3) is 71.6 Å². The average Bonchev–Trinajstić information content (AvgIpc) is 3.54. The van der Waals surface area contributed by atoms with Gasteiger partial charge in [-0.25, -0.2) is 0 Å². The summed E-state index contributed by atoms with van der Waals surface area (Å²) < 4.78 is 2.38. The van der Waals surface area contributed by atoms with Crippen molar-refractivity contribution in [2.45, 2.75) is 25.2 Å². The van der Waals surface area contributed by atoms with Crippen LogP contribution in [0.3, 0.4) is 0 Å². The first-order valence-electron chi connectivity index (χ1n) is 18.2. The predicted molar refractivity (Wildman–Crippen MR) is 216 cm³/mol. The van der Waals surface area contributed by atoms with Crippen LogP contribution in [0.1, 0.15) is 29.0 Å². The first-order chi connectivity index (χ1) is 25.3. The van der Waals surface area contributed by atoms with Crippen LogP contribution in [0.2, 0.25) is 0 Å². The van der Waals surface area contributed by atoms with Gasteiger partial charge in [0.15, 0.2) is 0 Å². The average molecular weight is 652 g/mol. The number of aryl methyl sites for hydroxylation is 1. The lowest BCUT2D eigenvalue weighted by molar-refractivity contribution is 0.616. The number of nitrogens with zero attached hydrogens (tertiary/aromatic N) is 1. The Kier molecular flexibility index (Phi) is 7.17. The molecule has 0 aliphatic heterocycles. The number of hydrogen-bond donors (Lipinski definition) is 0. The predicted octanol–water partition coefficient (Wildman–Crippen LogP) is 13.2. The molecule has 0 saturated heterocycles. The van der Waals surface area contributed by atoms with Crippen LogP contribution in [0.15, 0.2) is 182 Å². The van der Waals surface area contributed by atoms with Crippen LogP contribution in [0.4, 0.5) is 0 Å². The smallest absolute Gasteiger partial charge is 0.0541 e. The van der Waals surface area contributed by atoms with Crippen molar-refractivity contribution in [3.05, 3.63) is 199 Å². The third kappa shape index (κ3) is 5.08. The summed E-state index contributed by atoms with van der Waals surface area (Å²) >= 11 is 0. The Morgan fingerprint density at radius 2 is 0.922 bits per heavy atom. The van der Waals surface area contributed by atoms with E-state index in [-0.39, 0.29) is 0 Å². The van der Waals surface area contributed by atoms with Crippen molar-refractivity contribution in [2.75, 3.05) is 0 Å². The van der Waals surface area contributed by atoms with Gasteiger partial charge in [-0.15, -0.1) is 0 Å². The number of hydrogen-bond acceptors (Lipinski definition) is 0. The topological polar surface area (TPSA) is 4.93 Å². The van der Waals surface area contributed by atoms with Crippen LogP contribution in [0, 0.1) is 0 Å². The molecule has 9 aromatic rings. The van der Waals surface area contributed by atoms with Crippen molar-refractivity contribution in [1.29, 1.82) is 0 Å². The maximum atomic E-state index is 2.38. The first kappa shape index (κ1) is 29.7.